The fraction of sp³-hybridized carbons (Fsp3) is 0.0870. The van der Waals surface area contributed by atoms with Crippen molar-refractivity contribution in [2.75, 3.05) is 5.32 Å². The number of halogens is 2. The molecule has 4 aromatic rings. The number of benzene rings is 2. The van der Waals surface area contributed by atoms with Crippen LogP contribution in [0.4, 0.5) is 13.9 Å². The Morgan fingerprint density at radius 1 is 0.970 bits per heavy atom. The van der Waals surface area contributed by atoms with Crippen molar-refractivity contribution in [1.82, 2.24) is 10.3 Å². The zero-order chi connectivity index (χ0) is 23.2. The lowest BCUT2D eigenvalue weighted by Gasteiger charge is -2.08. The minimum atomic E-state index is -2.95. The van der Waals surface area contributed by atoms with Crippen molar-refractivity contribution in [3.8, 4) is 17.0 Å². The lowest BCUT2D eigenvalue weighted by Crippen LogP contribution is -2.21. The van der Waals surface area contributed by atoms with E-state index in [4.69, 9.17) is 0 Å². The third-order valence-electron chi connectivity index (χ3n) is 4.52. The predicted octanol–water partition coefficient (Wildman–Crippen LogP) is 5.66. The summed E-state index contributed by atoms with van der Waals surface area (Å²) in [6.07, 6.45) is 0. The Morgan fingerprint density at radius 2 is 1.76 bits per heavy atom. The second kappa shape index (κ2) is 10.3. The van der Waals surface area contributed by atoms with Crippen molar-refractivity contribution in [2.45, 2.75) is 13.2 Å². The molecule has 2 amide bonds. The number of carbonyl (C=O) groups excluding carboxylic acids is 2. The molecule has 2 aromatic heterocycles. The van der Waals surface area contributed by atoms with Gasteiger partial charge in [0.15, 0.2) is 5.13 Å². The quantitative estimate of drug-likeness (QED) is 0.338. The van der Waals surface area contributed by atoms with Gasteiger partial charge in [-0.25, -0.2) is 4.98 Å². The van der Waals surface area contributed by atoms with E-state index in [2.05, 4.69) is 20.4 Å². The molecule has 0 spiro atoms. The Balaban J connectivity index is 1.37. The number of nitrogens with one attached hydrogen (secondary N) is 2. The average Bonchev–Trinajstić information content (AvgIpc) is 3.50. The molecule has 0 saturated heterocycles. The number of hydrogen-bond donors (Lipinski definition) is 2. The van der Waals surface area contributed by atoms with Gasteiger partial charge in [0.2, 0.25) is 0 Å². The summed E-state index contributed by atoms with van der Waals surface area (Å²) >= 11 is 2.54. The summed E-state index contributed by atoms with van der Waals surface area (Å²) in [5.74, 6) is -0.494. The van der Waals surface area contributed by atoms with Gasteiger partial charge in [-0.3, -0.25) is 14.9 Å². The lowest BCUT2D eigenvalue weighted by molar-refractivity contribution is -0.0494. The topological polar surface area (TPSA) is 80.3 Å². The first-order valence-electron chi connectivity index (χ1n) is 9.71. The zero-order valence-corrected chi connectivity index (χ0v) is 18.6. The summed E-state index contributed by atoms with van der Waals surface area (Å²) in [6.45, 7) is -2.61. The Hall–Kier alpha value is -3.63. The third kappa shape index (κ3) is 5.79. The van der Waals surface area contributed by atoms with Gasteiger partial charge in [0, 0.05) is 23.1 Å². The van der Waals surface area contributed by atoms with Crippen LogP contribution in [0.25, 0.3) is 11.3 Å². The highest BCUT2D eigenvalue weighted by atomic mass is 32.1. The van der Waals surface area contributed by atoms with Crippen molar-refractivity contribution < 1.29 is 23.1 Å². The maximum absolute atomic E-state index is 12.6. The van der Waals surface area contributed by atoms with Gasteiger partial charge >= 0.3 is 6.61 Å². The normalized spacial score (nSPS) is 10.8. The van der Waals surface area contributed by atoms with Crippen molar-refractivity contribution in [3.05, 3.63) is 87.4 Å². The van der Waals surface area contributed by atoms with Crippen LogP contribution in [0, 0.1) is 0 Å². The Labute approximate surface area is 195 Å². The van der Waals surface area contributed by atoms with E-state index in [1.807, 2.05) is 11.4 Å². The number of hydrogen-bond acceptors (Lipinski definition) is 6. The van der Waals surface area contributed by atoms with Gasteiger partial charge in [-0.15, -0.1) is 22.7 Å². The van der Waals surface area contributed by atoms with Crippen LogP contribution in [0.1, 0.15) is 25.6 Å². The number of para-hydroxylation sites is 1. The smallest absolute Gasteiger partial charge is 0.387 e. The van der Waals surface area contributed by atoms with Crippen LogP contribution in [0.3, 0.4) is 0 Å². The van der Waals surface area contributed by atoms with E-state index < -0.39 is 6.61 Å². The van der Waals surface area contributed by atoms with Crippen LogP contribution >= 0.6 is 22.7 Å². The van der Waals surface area contributed by atoms with Gasteiger partial charge in [-0.2, -0.15) is 8.78 Å². The van der Waals surface area contributed by atoms with E-state index in [0.717, 1.165) is 5.56 Å². The SMILES string of the molecule is O=C(Nc1nc(-c2ccccc2OC(F)F)cs1)c1ccc(CNC(=O)c2cccs2)cc1. The molecule has 0 aliphatic heterocycles. The van der Waals surface area contributed by atoms with Crippen molar-refractivity contribution in [2.24, 2.45) is 0 Å². The lowest BCUT2D eigenvalue weighted by atomic mass is 10.1. The van der Waals surface area contributed by atoms with Gasteiger partial charge in [0.05, 0.1) is 10.6 Å². The van der Waals surface area contributed by atoms with E-state index in [0.29, 0.717) is 33.4 Å². The van der Waals surface area contributed by atoms with Crippen LogP contribution in [-0.4, -0.2) is 23.4 Å². The van der Waals surface area contributed by atoms with Crippen molar-refractivity contribution in [1.29, 1.82) is 0 Å². The molecule has 6 nitrogen and oxygen atoms in total. The Kier molecular flexibility index (Phi) is 7.06. The molecule has 33 heavy (non-hydrogen) atoms. The highest BCUT2D eigenvalue weighted by Crippen LogP contribution is 2.33. The van der Waals surface area contributed by atoms with E-state index in [1.54, 1.807) is 53.9 Å². The van der Waals surface area contributed by atoms with Crippen LogP contribution in [0.2, 0.25) is 0 Å². The number of aromatic nitrogens is 1. The fourth-order valence-electron chi connectivity index (χ4n) is 2.95. The van der Waals surface area contributed by atoms with Crippen LogP contribution in [-0.2, 0) is 6.54 Å². The number of alkyl halides is 2. The monoisotopic (exact) mass is 485 g/mol. The molecule has 0 fully saturated rings. The summed E-state index contributed by atoms with van der Waals surface area (Å²) in [5, 5.41) is 9.36. The van der Waals surface area contributed by atoms with Crippen LogP contribution in [0.15, 0.2) is 71.4 Å². The second-order valence-electron chi connectivity index (χ2n) is 6.72. The number of thiazole rings is 1. The Bertz CT molecular complexity index is 1240. The first-order valence-corrected chi connectivity index (χ1v) is 11.5. The molecule has 0 bridgehead atoms. The molecular formula is C23H17F2N3O3S2. The summed E-state index contributed by atoms with van der Waals surface area (Å²) in [6, 6.07) is 16.7. The number of anilines is 1. The summed E-state index contributed by atoms with van der Waals surface area (Å²) in [7, 11) is 0. The molecule has 10 heteroatoms. The average molecular weight is 486 g/mol. The fourth-order valence-corrected chi connectivity index (χ4v) is 4.30. The third-order valence-corrected chi connectivity index (χ3v) is 6.14. The maximum Gasteiger partial charge on any atom is 0.387 e. The number of thiophene rings is 1. The molecule has 0 aliphatic carbocycles. The number of nitrogens with zero attached hydrogens (tertiary/aromatic N) is 1. The molecule has 0 atom stereocenters. The zero-order valence-electron chi connectivity index (χ0n) is 17.0. The van der Waals surface area contributed by atoms with Crippen LogP contribution in [0.5, 0.6) is 5.75 Å². The number of carbonyl (C=O) groups is 2. The summed E-state index contributed by atoms with van der Waals surface area (Å²) < 4.78 is 29.8. The van der Waals surface area contributed by atoms with E-state index in [-0.39, 0.29) is 17.6 Å². The van der Waals surface area contributed by atoms with Gasteiger partial charge in [-0.1, -0.05) is 30.3 Å². The first kappa shape index (κ1) is 22.6. The first-order chi connectivity index (χ1) is 16.0. The largest absolute Gasteiger partial charge is 0.434 e. The molecule has 4 rings (SSSR count). The van der Waals surface area contributed by atoms with E-state index >= 15 is 0 Å². The van der Waals surface area contributed by atoms with E-state index in [1.165, 1.54) is 28.7 Å². The molecule has 168 valence electrons. The standard InChI is InChI=1S/C23H17F2N3O3S2/c24-22(25)31-18-5-2-1-4-16(18)17-13-33-23(27-17)28-20(29)15-9-7-14(8-10-15)12-26-21(30)19-6-3-11-32-19/h1-11,13,22H,12H2,(H,26,30)(H,27,28,29). The highest BCUT2D eigenvalue weighted by Gasteiger charge is 2.15. The minimum absolute atomic E-state index is 0.0115. The maximum atomic E-state index is 12.6. The Morgan fingerprint density at radius 3 is 2.48 bits per heavy atom. The van der Waals surface area contributed by atoms with Gasteiger partial charge in [0.1, 0.15) is 5.75 Å². The van der Waals surface area contributed by atoms with Gasteiger partial charge in [0.25, 0.3) is 11.8 Å². The molecular weight excluding hydrogens is 468 g/mol. The van der Waals surface area contributed by atoms with Crippen molar-refractivity contribution in [3.63, 3.8) is 0 Å². The molecule has 0 unspecified atom stereocenters. The second-order valence-corrected chi connectivity index (χ2v) is 8.53. The van der Waals surface area contributed by atoms with Crippen LogP contribution < -0.4 is 15.4 Å². The van der Waals surface area contributed by atoms with E-state index in [9.17, 15) is 18.4 Å². The summed E-state index contributed by atoms with van der Waals surface area (Å²) in [5.41, 5.74) is 2.09. The van der Waals surface area contributed by atoms with Gasteiger partial charge < -0.3 is 10.1 Å². The predicted molar refractivity (Wildman–Crippen MR) is 124 cm³/mol. The number of amides is 2. The molecule has 2 aromatic carbocycles. The number of rotatable bonds is 8. The molecule has 2 heterocycles. The van der Waals surface area contributed by atoms with Crippen molar-refractivity contribution >= 4 is 39.6 Å². The molecule has 2 N–H and O–H groups in total. The summed E-state index contributed by atoms with van der Waals surface area (Å²) in [4.78, 5) is 29.5. The molecule has 0 saturated carbocycles. The number of ether oxygens (including phenoxy) is 1. The molecule has 0 radical (unpaired) electrons. The van der Waals surface area contributed by atoms with Gasteiger partial charge in [-0.05, 0) is 41.3 Å². The minimum Gasteiger partial charge on any atom is -0.434 e. The highest BCUT2D eigenvalue weighted by molar-refractivity contribution is 7.14. The molecule has 0 aliphatic rings.